The van der Waals surface area contributed by atoms with Crippen LogP contribution < -0.4 is 0 Å². The van der Waals surface area contributed by atoms with Gasteiger partial charge in [0.2, 0.25) is 5.91 Å². The number of carbonyl (C=O) groups excluding carboxylic acids is 1. The van der Waals surface area contributed by atoms with Gasteiger partial charge in [0.15, 0.2) is 0 Å². The molecule has 1 saturated heterocycles. The highest BCUT2D eigenvalue weighted by molar-refractivity contribution is 6.30. The molecule has 0 aliphatic carbocycles. The van der Waals surface area contributed by atoms with Crippen molar-refractivity contribution in [3.05, 3.63) is 58.5 Å². The summed E-state index contributed by atoms with van der Waals surface area (Å²) in [5, 5.41) is 10.9. The summed E-state index contributed by atoms with van der Waals surface area (Å²) < 4.78 is 11.2. The van der Waals surface area contributed by atoms with Gasteiger partial charge in [0, 0.05) is 11.6 Å². The molecule has 24 heavy (non-hydrogen) atoms. The van der Waals surface area contributed by atoms with Crippen LogP contribution in [0.2, 0.25) is 5.02 Å². The third-order valence-electron chi connectivity index (χ3n) is 4.16. The van der Waals surface area contributed by atoms with Crippen molar-refractivity contribution in [3.63, 3.8) is 0 Å². The summed E-state index contributed by atoms with van der Waals surface area (Å²) in [4.78, 5) is 14.4. The number of rotatable bonds is 4. The summed E-state index contributed by atoms with van der Waals surface area (Å²) in [6, 6.07) is 10.3. The highest BCUT2D eigenvalue weighted by atomic mass is 35.5. The SMILES string of the molecule is Cc1ccc(C2COCCN2C(=O)CC(O)c2ccc(Cl)cc2)o1. The van der Waals surface area contributed by atoms with Crippen molar-refractivity contribution in [2.24, 2.45) is 0 Å². The van der Waals surface area contributed by atoms with Crippen LogP contribution in [0.5, 0.6) is 0 Å². The van der Waals surface area contributed by atoms with Crippen LogP contribution in [0.1, 0.15) is 35.7 Å². The number of aliphatic hydroxyl groups is 1. The van der Waals surface area contributed by atoms with E-state index in [9.17, 15) is 9.90 Å². The van der Waals surface area contributed by atoms with E-state index in [1.165, 1.54) is 0 Å². The van der Waals surface area contributed by atoms with Gasteiger partial charge >= 0.3 is 0 Å². The molecule has 2 unspecified atom stereocenters. The van der Waals surface area contributed by atoms with Gasteiger partial charge in [-0.15, -0.1) is 0 Å². The summed E-state index contributed by atoms with van der Waals surface area (Å²) >= 11 is 5.85. The second kappa shape index (κ2) is 7.38. The largest absolute Gasteiger partial charge is 0.464 e. The minimum atomic E-state index is -0.864. The second-order valence-electron chi connectivity index (χ2n) is 5.90. The molecule has 3 rings (SSSR count). The van der Waals surface area contributed by atoms with E-state index in [0.717, 1.165) is 5.76 Å². The predicted octanol–water partition coefficient (Wildman–Crippen LogP) is 3.27. The Morgan fingerprint density at radius 1 is 1.33 bits per heavy atom. The molecule has 1 aromatic carbocycles. The lowest BCUT2D eigenvalue weighted by molar-refractivity contribution is -0.143. The zero-order valence-electron chi connectivity index (χ0n) is 13.4. The molecule has 2 aromatic rings. The maximum Gasteiger partial charge on any atom is 0.226 e. The molecule has 1 N–H and O–H groups in total. The molecule has 1 aromatic heterocycles. The second-order valence-corrected chi connectivity index (χ2v) is 6.33. The molecule has 1 fully saturated rings. The number of ether oxygens (including phenoxy) is 1. The van der Waals surface area contributed by atoms with Crippen molar-refractivity contribution < 1.29 is 19.1 Å². The van der Waals surface area contributed by atoms with E-state index in [0.29, 0.717) is 36.1 Å². The van der Waals surface area contributed by atoms with E-state index >= 15 is 0 Å². The van der Waals surface area contributed by atoms with Crippen LogP contribution >= 0.6 is 11.6 Å². The fourth-order valence-electron chi connectivity index (χ4n) is 2.86. The lowest BCUT2D eigenvalue weighted by Crippen LogP contribution is -2.43. The van der Waals surface area contributed by atoms with Crippen molar-refractivity contribution in [1.29, 1.82) is 0 Å². The van der Waals surface area contributed by atoms with Gasteiger partial charge in [-0.3, -0.25) is 4.79 Å². The fourth-order valence-corrected chi connectivity index (χ4v) is 2.98. The van der Waals surface area contributed by atoms with Gasteiger partial charge in [-0.2, -0.15) is 0 Å². The smallest absolute Gasteiger partial charge is 0.226 e. The van der Waals surface area contributed by atoms with Crippen LogP contribution in [-0.2, 0) is 9.53 Å². The molecule has 0 spiro atoms. The molecule has 1 aliphatic heterocycles. The van der Waals surface area contributed by atoms with E-state index in [4.69, 9.17) is 20.8 Å². The van der Waals surface area contributed by atoms with Gasteiger partial charge in [0.25, 0.3) is 0 Å². The van der Waals surface area contributed by atoms with Crippen molar-refractivity contribution in [2.45, 2.75) is 25.5 Å². The average Bonchev–Trinajstić information content (AvgIpc) is 3.01. The highest BCUT2D eigenvalue weighted by Gasteiger charge is 2.31. The topological polar surface area (TPSA) is 62.9 Å². The summed E-state index contributed by atoms with van der Waals surface area (Å²) in [7, 11) is 0. The first-order chi connectivity index (χ1) is 11.5. The molecule has 1 amide bonds. The first-order valence-corrected chi connectivity index (χ1v) is 8.29. The number of nitrogens with zero attached hydrogens (tertiary/aromatic N) is 1. The number of hydrogen-bond donors (Lipinski definition) is 1. The van der Waals surface area contributed by atoms with Gasteiger partial charge in [0.1, 0.15) is 17.6 Å². The Labute approximate surface area is 145 Å². The first-order valence-electron chi connectivity index (χ1n) is 7.91. The average molecular weight is 350 g/mol. The monoisotopic (exact) mass is 349 g/mol. The molecule has 0 bridgehead atoms. The molecule has 1 aliphatic rings. The number of benzene rings is 1. The minimum absolute atomic E-state index is 0.0117. The summed E-state index contributed by atoms with van der Waals surface area (Å²) in [6.45, 7) is 3.23. The van der Waals surface area contributed by atoms with E-state index in [1.807, 2.05) is 19.1 Å². The molecular formula is C18H20ClNO4. The summed E-state index contributed by atoms with van der Waals surface area (Å²) in [6.07, 6.45) is -0.853. The lowest BCUT2D eigenvalue weighted by Gasteiger charge is -2.35. The molecule has 0 saturated carbocycles. The number of carbonyl (C=O) groups is 1. The Hall–Kier alpha value is -1.82. The van der Waals surface area contributed by atoms with Crippen molar-refractivity contribution in [3.8, 4) is 0 Å². The van der Waals surface area contributed by atoms with Crippen LogP contribution in [0.4, 0.5) is 0 Å². The maximum absolute atomic E-state index is 12.7. The van der Waals surface area contributed by atoms with Crippen LogP contribution in [0, 0.1) is 6.92 Å². The minimum Gasteiger partial charge on any atom is -0.464 e. The summed E-state index contributed by atoms with van der Waals surface area (Å²) in [5.74, 6) is 1.38. The molecule has 6 heteroatoms. The molecule has 2 atom stereocenters. The molecule has 128 valence electrons. The van der Waals surface area contributed by atoms with Gasteiger partial charge in [-0.05, 0) is 36.8 Å². The highest BCUT2D eigenvalue weighted by Crippen LogP contribution is 2.28. The zero-order valence-corrected chi connectivity index (χ0v) is 14.2. The number of morpholine rings is 1. The Bertz CT molecular complexity index is 697. The van der Waals surface area contributed by atoms with Crippen LogP contribution in [0.3, 0.4) is 0 Å². The summed E-state index contributed by atoms with van der Waals surface area (Å²) in [5.41, 5.74) is 0.673. The Balaban J connectivity index is 1.71. The number of amides is 1. The molecule has 5 nitrogen and oxygen atoms in total. The Morgan fingerprint density at radius 3 is 2.75 bits per heavy atom. The quantitative estimate of drug-likeness (QED) is 0.920. The fraction of sp³-hybridized carbons (Fsp3) is 0.389. The van der Waals surface area contributed by atoms with Crippen LogP contribution in [0.15, 0.2) is 40.8 Å². The molecule has 0 radical (unpaired) electrons. The predicted molar refractivity (Wildman–Crippen MR) is 89.7 cm³/mol. The van der Waals surface area contributed by atoms with Gasteiger partial charge in [-0.1, -0.05) is 23.7 Å². The van der Waals surface area contributed by atoms with Gasteiger partial charge < -0.3 is 19.2 Å². The van der Waals surface area contributed by atoms with E-state index in [1.54, 1.807) is 29.2 Å². The lowest BCUT2D eigenvalue weighted by atomic mass is 10.0. The third-order valence-corrected chi connectivity index (χ3v) is 4.41. The number of hydrogen-bond acceptors (Lipinski definition) is 4. The molecular weight excluding hydrogens is 330 g/mol. The number of furan rings is 1. The standard InChI is InChI=1S/C18H20ClNO4/c1-12-2-7-17(24-12)15-11-23-9-8-20(15)18(22)10-16(21)13-3-5-14(19)6-4-13/h2-7,15-16,21H,8-11H2,1H3. The number of aryl methyl sites for hydroxylation is 1. The van der Waals surface area contributed by atoms with Crippen molar-refractivity contribution in [2.75, 3.05) is 19.8 Å². The Kier molecular flexibility index (Phi) is 5.23. The van der Waals surface area contributed by atoms with Crippen LogP contribution in [0.25, 0.3) is 0 Å². The molecule has 2 heterocycles. The Morgan fingerprint density at radius 2 is 2.08 bits per heavy atom. The number of aliphatic hydroxyl groups excluding tert-OH is 1. The number of halogens is 1. The van der Waals surface area contributed by atoms with Crippen molar-refractivity contribution >= 4 is 17.5 Å². The third kappa shape index (κ3) is 3.80. The van der Waals surface area contributed by atoms with Crippen molar-refractivity contribution in [1.82, 2.24) is 4.90 Å². The first kappa shape index (κ1) is 17.0. The van der Waals surface area contributed by atoms with Gasteiger partial charge in [0.05, 0.1) is 25.7 Å². The van der Waals surface area contributed by atoms with E-state index in [-0.39, 0.29) is 18.4 Å². The van der Waals surface area contributed by atoms with E-state index < -0.39 is 6.10 Å². The maximum atomic E-state index is 12.7. The van der Waals surface area contributed by atoms with Gasteiger partial charge in [-0.25, -0.2) is 0 Å². The van der Waals surface area contributed by atoms with Crippen LogP contribution in [-0.4, -0.2) is 35.7 Å². The normalized spacial score (nSPS) is 19.3. The van der Waals surface area contributed by atoms with E-state index in [2.05, 4.69) is 0 Å². The zero-order chi connectivity index (χ0) is 17.1.